The van der Waals surface area contributed by atoms with Crippen molar-refractivity contribution in [1.82, 2.24) is 5.32 Å². The van der Waals surface area contributed by atoms with Crippen LogP contribution in [0.3, 0.4) is 0 Å². The third-order valence-corrected chi connectivity index (χ3v) is 3.00. The zero-order valence-corrected chi connectivity index (χ0v) is 9.95. The van der Waals surface area contributed by atoms with Crippen LogP contribution < -0.4 is 5.32 Å². The van der Waals surface area contributed by atoms with Crippen LogP contribution >= 0.6 is 0 Å². The number of hydrogen-bond acceptors (Lipinski definition) is 3. The van der Waals surface area contributed by atoms with Crippen LogP contribution in [0, 0.1) is 11.3 Å². The van der Waals surface area contributed by atoms with Crippen LogP contribution in [0.2, 0.25) is 0 Å². The van der Waals surface area contributed by atoms with E-state index in [-0.39, 0.29) is 24.5 Å². The molecule has 2 N–H and O–H groups in total. The second kappa shape index (κ2) is 4.82. The van der Waals surface area contributed by atoms with Crippen molar-refractivity contribution in [1.29, 1.82) is 0 Å². The Kier molecular flexibility index (Phi) is 3.91. The summed E-state index contributed by atoms with van der Waals surface area (Å²) in [6.45, 7) is 5.78. The molecule has 1 rings (SSSR count). The molecule has 2 unspecified atom stereocenters. The lowest BCUT2D eigenvalue weighted by Crippen LogP contribution is -2.42. The number of rotatable bonds is 4. The number of amides is 1. The Balaban J connectivity index is 2.44. The Labute approximate surface area is 95.2 Å². The highest BCUT2D eigenvalue weighted by Crippen LogP contribution is 2.21. The summed E-state index contributed by atoms with van der Waals surface area (Å²) in [5.41, 5.74) is -0.932. The summed E-state index contributed by atoms with van der Waals surface area (Å²) < 4.78 is 5.29. The smallest absolute Gasteiger partial charge is 0.310 e. The number of carboxylic acid groups (broad SMARTS) is 1. The van der Waals surface area contributed by atoms with Crippen LogP contribution in [0.1, 0.15) is 27.2 Å². The van der Waals surface area contributed by atoms with Crippen LogP contribution in [-0.4, -0.2) is 36.2 Å². The van der Waals surface area contributed by atoms with E-state index in [9.17, 15) is 9.59 Å². The molecule has 5 heteroatoms. The minimum absolute atomic E-state index is 0.0760. The summed E-state index contributed by atoms with van der Waals surface area (Å²) in [4.78, 5) is 22.6. The molecule has 1 fully saturated rings. The predicted octanol–water partition coefficient (Wildman–Crippen LogP) is 0.638. The normalized spacial score (nSPS) is 25.4. The molecule has 0 aromatic carbocycles. The van der Waals surface area contributed by atoms with Crippen LogP contribution in [0.25, 0.3) is 0 Å². The van der Waals surface area contributed by atoms with Gasteiger partial charge >= 0.3 is 5.97 Å². The molecule has 1 saturated heterocycles. The van der Waals surface area contributed by atoms with Gasteiger partial charge in [0.25, 0.3) is 0 Å². The van der Waals surface area contributed by atoms with Gasteiger partial charge in [-0.3, -0.25) is 9.59 Å². The largest absolute Gasteiger partial charge is 0.481 e. The number of ether oxygens (including phenoxy) is 1. The lowest BCUT2D eigenvalue weighted by atomic mass is 9.93. The fourth-order valence-corrected chi connectivity index (χ4v) is 1.59. The van der Waals surface area contributed by atoms with Gasteiger partial charge in [0, 0.05) is 13.2 Å². The Hall–Kier alpha value is -1.10. The van der Waals surface area contributed by atoms with Crippen molar-refractivity contribution < 1.29 is 19.4 Å². The van der Waals surface area contributed by atoms with Gasteiger partial charge in [0.2, 0.25) is 5.91 Å². The molecule has 0 aromatic heterocycles. The number of carbonyl (C=O) groups excluding carboxylic acids is 1. The molecule has 1 heterocycles. The molecular weight excluding hydrogens is 210 g/mol. The number of aliphatic carboxylic acids is 1. The maximum atomic E-state index is 11.7. The zero-order chi connectivity index (χ0) is 12.3. The zero-order valence-electron chi connectivity index (χ0n) is 9.95. The van der Waals surface area contributed by atoms with E-state index < -0.39 is 11.4 Å². The van der Waals surface area contributed by atoms with E-state index >= 15 is 0 Å². The summed E-state index contributed by atoms with van der Waals surface area (Å²) >= 11 is 0. The lowest BCUT2D eigenvalue weighted by Gasteiger charge is -2.21. The van der Waals surface area contributed by atoms with E-state index in [1.54, 1.807) is 13.8 Å². The molecule has 0 radical (unpaired) electrons. The van der Waals surface area contributed by atoms with Gasteiger partial charge in [0.05, 0.1) is 17.4 Å². The van der Waals surface area contributed by atoms with Gasteiger partial charge in [-0.1, -0.05) is 0 Å². The molecule has 0 aliphatic carbocycles. The molecule has 1 aliphatic rings. The molecule has 0 saturated carbocycles. The second-order valence-electron chi connectivity index (χ2n) is 4.88. The highest BCUT2D eigenvalue weighted by molar-refractivity contribution is 5.81. The molecule has 0 bridgehead atoms. The monoisotopic (exact) mass is 229 g/mol. The first-order valence-corrected chi connectivity index (χ1v) is 5.47. The van der Waals surface area contributed by atoms with Crippen molar-refractivity contribution in [2.75, 3.05) is 13.2 Å². The molecule has 92 valence electrons. The molecule has 1 aliphatic heterocycles. The minimum atomic E-state index is -0.932. The van der Waals surface area contributed by atoms with Crippen LogP contribution in [-0.2, 0) is 14.3 Å². The third-order valence-electron chi connectivity index (χ3n) is 3.00. The second-order valence-corrected chi connectivity index (χ2v) is 4.88. The van der Waals surface area contributed by atoms with Gasteiger partial charge in [0.15, 0.2) is 0 Å². The predicted molar refractivity (Wildman–Crippen MR) is 57.9 cm³/mol. The molecule has 16 heavy (non-hydrogen) atoms. The number of carbonyl (C=O) groups is 2. The Morgan fingerprint density at radius 3 is 2.56 bits per heavy atom. The molecule has 5 nitrogen and oxygen atoms in total. The van der Waals surface area contributed by atoms with Gasteiger partial charge in [-0.2, -0.15) is 0 Å². The summed E-state index contributed by atoms with van der Waals surface area (Å²) in [6, 6.07) is 0. The Bertz CT molecular complexity index is 288. The third kappa shape index (κ3) is 2.95. The van der Waals surface area contributed by atoms with Gasteiger partial charge < -0.3 is 15.2 Å². The fourth-order valence-electron chi connectivity index (χ4n) is 1.59. The minimum Gasteiger partial charge on any atom is -0.481 e. The first kappa shape index (κ1) is 13.0. The van der Waals surface area contributed by atoms with Crippen molar-refractivity contribution in [2.24, 2.45) is 11.3 Å². The topological polar surface area (TPSA) is 75.6 Å². The highest BCUT2D eigenvalue weighted by atomic mass is 16.5. The number of hydrogen-bond donors (Lipinski definition) is 2. The average Bonchev–Trinajstić information content (AvgIpc) is 2.61. The van der Waals surface area contributed by atoms with Crippen molar-refractivity contribution in [3.05, 3.63) is 0 Å². The molecule has 0 spiro atoms. The van der Waals surface area contributed by atoms with Crippen molar-refractivity contribution >= 4 is 11.9 Å². The van der Waals surface area contributed by atoms with E-state index in [1.165, 1.54) is 0 Å². The number of carboxylic acids is 1. The summed E-state index contributed by atoms with van der Waals surface area (Å²) in [5.74, 6) is -1.17. The van der Waals surface area contributed by atoms with Gasteiger partial charge in [-0.15, -0.1) is 0 Å². The fraction of sp³-hybridized carbons (Fsp3) is 0.818. The van der Waals surface area contributed by atoms with Gasteiger partial charge in [0.1, 0.15) is 0 Å². The average molecular weight is 229 g/mol. The van der Waals surface area contributed by atoms with Crippen molar-refractivity contribution in [3.8, 4) is 0 Å². The molecule has 1 amide bonds. The quantitative estimate of drug-likeness (QED) is 0.741. The van der Waals surface area contributed by atoms with Gasteiger partial charge in [-0.05, 0) is 27.2 Å². The van der Waals surface area contributed by atoms with Crippen molar-refractivity contribution in [3.63, 3.8) is 0 Å². The Morgan fingerprint density at radius 1 is 1.50 bits per heavy atom. The van der Waals surface area contributed by atoms with E-state index in [0.717, 1.165) is 0 Å². The molecule has 0 aromatic rings. The molecular formula is C11H19NO4. The first-order valence-electron chi connectivity index (χ1n) is 5.47. The summed E-state index contributed by atoms with van der Waals surface area (Å²) in [7, 11) is 0. The number of nitrogens with one attached hydrogen (secondary N) is 1. The lowest BCUT2D eigenvalue weighted by molar-refractivity contribution is -0.146. The summed E-state index contributed by atoms with van der Waals surface area (Å²) in [6.07, 6.45) is 0.633. The van der Waals surface area contributed by atoms with E-state index in [0.29, 0.717) is 13.0 Å². The van der Waals surface area contributed by atoms with Gasteiger partial charge in [-0.25, -0.2) is 0 Å². The van der Waals surface area contributed by atoms with Crippen LogP contribution in [0.15, 0.2) is 0 Å². The van der Waals surface area contributed by atoms with E-state index in [4.69, 9.17) is 9.84 Å². The van der Waals surface area contributed by atoms with Crippen LogP contribution in [0.4, 0.5) is 0 Å². The van der Waals surface area contributed by atoms with Crippen molar-refractivity contribution in [2.45, 2.75) is 33.3 Å². The Morgan fingerprint density at radius 2 is 2.12 bits per heavy atom. The molecule has 2 atom stereocenters. The first-order chi connectivity index (χ1) is 7.34. The van der Waals surface area contributed by atoms with E-state index in [1.807, 2.05) is 6.92 Å². The maximum absolute atomic E-state index is 11.7. The standard InChI is InChI=1S/C11H19NO4/c1-7-8(4-5-16-7)9(13)12-6-11(2,3)10(14)15/h7-8H,4-6H2,1-3H3,(H,12,13)(H,14,15). The van der Waals surface area contributed by atoms with E-state index in [2.05, 4.69) is 5.32 Å². The SMILES string of the molecule is CC1OCCC1C(=O)NCC(C)(C)C(=O)O. The van der Waals surface area contributed by atoms with Crippen LogP contribution in [0.5, 0.6) is 0 Å². The summed E-state index contributed by atoms with van der Waals surface area (Å²) in [5, 5.41) is 11.6. The maximum Gasteiger partial charge on any atom is 0.310 e. The highest BCUT2D eigenvalue weighted by Gasteiger charge is 2.33.